The summed E-state index contributed by atoms with van der Waals surface area (Å²) in [5.41, 5.74) is 6.92. The van der Waals surface area contributed by atoms with Crippen LogP contribution in [0, 0.1) is 12.7 Å². The van der Waals surface area contributed by atoms with E-state index in [1.165, 1.54) is 6.07 Å². The average molecular weight is 412 g/mol. The number of nitrogens with two attached hydrogens (primary N) is 1. The Balaban J connectivity index is 0.00000225. The van der Waals surface area contributed by atoms with Gasteiger partial charge < -0.3 is 20.8 Å². The minimum Gasteiger partial charge on any atom is -0.477 e. The summed E-state index contributed by atoms with van der Waals surface area (Å²) in [6.45, 7) is 2.28. The van der Waals surface area contributed by atoms with Gasteiger partial charge >= 0.3 is 5.97 Å². The molecule has 2 aromatic heterocycles. The number of aryl methyl sites for hydroxylation is 1. The molecule has 3 heterocycles. The number of anilines is 1. The van der Waals surface area contributed by atoms with Crippen molar-refractivity contribution in [1.29, 1.82) is 0 Å². The Bertz CT molecular complexity index is 1010. The van der Waals surface area contributed by atoms with Crippen LogP contribution in [0.3, 0.4) is 0 Å². The molecule has 4 N–H and O–H groups in total. The molecule has 0 unspecified atom stereocenters. The van der Waals surface area contributed by atoms with Gasteiger partial charge in [-0.1, -0.05) is 0 Å². The number of pyridine rings is 2. The van der Waals surface area contributed by atoms with Crippen LogP contribution >= 0.6 is 12.4 Å². The van der Waals surface area contributed by atoms with Crippen LogP contribution in [0.15, 0.2) is 17.1 Å². The third-order valence-corrected chi connectivity index (χ3v) is 5.64. The molecule has 0 amide bonds. The molecule has 4 rings (SSSR count). The monoisotopic (exact) mass is 411 g/mol. The summed E-state index contributed by atoms with van der Waals surface area (Å²) in [5, 5.41) is 19.4. The normalized spacial score (nSPS) is 21.8. The first kappa shape index (κ1) is 20.6. The Morgan fingerprint density at radius 1 is 1.39 bits per heavy atom. The Kier molecular flexibility index (Phi) is 5.40. The van der Waals surface area contributed by atoms with Gasteiger partial charge in [0, 0.05) is 19.1 Å². The van der Waals surface area contributed by atoms with Crippen molar-refractivity contribution in [3.63, 3.8) is 0 Å². The number of carbonyl (C=O) groups is 1. The molecule has 28 heavy (non-hydrogen) atoms. The second-order valence-electron chi connectivity index (χ2n) is 7.50. The number of carboxylic acid groups (broad SMARTS) is 1. The molecule has 9 heteroatoms. The maximum absolute atomic E-state index is 15.1. The Labute approximate surface area is 167 Å². The maximum atomic E-state index is 15.1. The van der Waals surface area contributed by atoms with E-state index in [0.717, 1.165) is 29.0 Å². The second-order valence-corrected chi connectivity index (χ2v) is 7.50. The van der Waals surface area contributed by atoms with Crippen molar-refractivity contribution >= 4 is 29.6 Å². The van der Waals surface area contributed by atoms with Gasteiger partial charge in [-0.15, -0.1) is 12.4 Å². The number of fused-ring (bicyclic) bond motifs is 1. The zero-order valence-electron chi connectivity index (χ0n) is 15.4. The number of carboxylic acids is 1. The standard InChI is InChI=1S/C19H22FN3O4.ClH/c1-9-16-13(10-2-3-10)5-14(19(26)27)18(25)23(16)8-15(20)17(9)22-7-12(24)4-11(22)6-21;/h5,8,10-12,24H,2-4,6-7,21H2,1H3,(H,26,27);1H/t11-,12-;/m1./s1. The van der Waals surface area contributed by atoms with Gasteiger partial charge in [-0.25, -0.2) is 9.18 Å². The van der Waals surface area contributed by atoms with Crippen LogP contribution in [0.2, 0.25) is 0 Å². The van der Waals surface area contributed by atoms with E-state index in [-0.39, 0.29) is 43.0 Å². The molecule has 2 fully saturated rings. The fourth-order valence-corrected chi connectivity index (χ4v) is 4.24. The molecular formula is C19H23ClFN3O4. The highest BCUT2D eigenvalue weighted by molar-refractivity contribution is 5.89. The summed E-state index contributed by atoms with van der Waals surface area (Å²) in [6.07, 6.45) is 2.75. The fourth-order valence-electron chi connectivity index (χ4n) is 4.24. The lowest BCUT2D eigenvalue weighted by atomic mass is 10.0. The maximum Gasteiger partial charge on any atom is 0.341 e. The van der Waals surface area contributed by atoms with Crippen LogP contribution in [0.1, 0.15) is 46.7 Å². The van der Waals surface area contributed by atoms with Crippen molar-refractivity contribution in [3.8, 4) is 0 Å². The van der Waals surface area contributed by atoms with Crippen molar-refractivity contribution in [2.75, 3.05) is 18.0 Å². The van der Waals surface area contributed by atoms with E-state index >= 15 is 4.39 Å². The predicted molar refractivity (Wildman–Crippen MR) is 105 cm³/mol. The number of aromatic nitrogens is 1. The van der Waals surface area contributed by atoms with Gasteiger partial charge in [0.05, 0.1) is 23.5 Å². The third kappa shape index (κ3) is 3.15. The van der Waals surface area contributed by atoms with Crippen LogP contribution in [-0.4, -0.2) is 45.8 Å². The van der Waals surface area contributed by atoms with Crippen LogP contribution in [0.25, 0.3) is 5.52 Å². The molecule has 2 aromatic rings. The molecule has 0 spiro atoms. The predicted octanol–water partition coefficient (Wildman–Crippen LogP) is 1.64. The number of aliphatic hydroxyl groups is 1. The minimum absolute atomic E-state index is 0. The number of β-amino-alcohol motifs (C(OH)–C–C–N with tert-alkyl or cyclic N) is 1. The van der Waals surface area contributed by atoms with E-state index < -0.39 is 23.4 Å². The molecule has 1 aliphatic heterocycles. The smallest absolute Gasteiger partial charge is 0.341 e. The van der Waals surface area contributed by atoms with Crippen LogP contribution in [-0.2, 0) is 0 Å². The zero-order chi connectivity index (χ0) is 19.5. The summed E-state index contributed by atoms with van der Waals surface area (Å²) >= 11 is 0. The van der Waals surface area contributed by atoms with Gasteiger partial charge in [-0.3, -0.25) is 9.20 Å². The number of rotatable bonds is 4. The van der Waals surface area contributed by atoms with Gasteiger partial charge in [0.1, 0.15) is 5.56 Å². The first-order valence-corrected chi connectivity index (χ1v) is 9.09. The highest BCUT2D eigenvalue weighted by atomic mass is 35.5. The lowest BCUT2D eigenvalue weighted by Gasteiger charge is -2.28. The van der Waals surface area contributed by atoms with Crippen molar-refractivity contribution in [2.45, 2.75) is 44.2 Å². The van der Waals surface area contributed by atoms with Gasteiger partial charge in [-0.2, -0.15) is 0 Å². The minimum atomic E-state index is -1.32. The first-order valence-electron chi connectivity index (χ1n) is 9.09. The topological polar surface area (TPSA) is 108 Å². The van der Waals surface area contributed by atoms with Gasteiger partial charge in [0.2, 0.25) is 0 Å². The molecule has 7 nitrogen and oxygen atoms in total. The van der Waals surface area contributed by atoms with Crippen molar-refractivity contribution in [3.05, 3.63) is 45.1 Å². The number of aliphatic hydroxyl groups excluding tert-OH is 1. The Morgan fingerprint density at radius 3 is 2.64 bits per heavy atom. The number of nitrogens with zero attached hydrogens (tertiary/aromatic N) is 2. The number of halogens is 2. The summed E-state index contributed by atoms with van der Waals surface area (Å²) in [5.74, 6) is -1.77. The van der Waals surface area contributed by atoms with Crippen molar-refractivity contribution in [2.24, 2.45) is 5.73 Å². The van der Waals surface area contributed by atoms with E-state index in [4.69, 9.17) is 5.73 Å². The number of hydrogen-bond donors (Lipinski definition) is 3. The summed E-state index contributed by atoms with van der Waals surface area (Å²) < 4.78 is 16.2. The third-order valence-electron chi connectivity index (χ3n) is 5.64. The van der Waals surface area contributed by atoms with Gasteiger partial charge in [0.15, 0.2) is 5.82 Å². The van der Waals surface area contributed by atoms with Crippen molar-refractivity contribution in [1.82, 2.24) is 4.40 Å². The average Bonchev–Trinajstić information content (AvgIpc) is 3.38. The fraction of sp³-hybridized carbons (Fsp3) is 0.474. The van der Waals surface area contributed by atoms with Gasteiger partial charge in [-0.05, 0) is 49.3 Å². The molecule has 152 valence electrons. The van der Waals surface area contributed by atoms with Gasteiger partial charge in [0.25, 0.3) is 5.56 Å². The van der Waals surface area contributed by atoms with E-state index in [2.05, 4.69) is 0 Å². The molecule has 1 saturated heterocycles. The summed E-state index contributed by atoms with van der Waals surface area (Å²) in [4.78, 5) is 25.8. The molecule has 2 aliphatic rings. The second kappa shape index (κ2) is 7.35. The van der Waals surface area contributed by atoms with Crippen LogP contribution < -0.4 is 16.2 Å². The highest BCUT2D eigenvalue weighted by Crippen LogP contribution is 2.44. The molecule has 2 atom stereocenters. The van der Waals surface area contributed by atoms with E-state index in [1.807, 2.05) is 0 Å². The lowest BCUT2D eigenvalue weighted by molar-refractivity contribution is 0.0694. The molecule has 1 aliphatic carbocycles. The van der Waals surface area contributed by atoms with Crippen molar-refractivity contribution < 1.29 is 19.4 Å². The lowest BCUT2D eigenvalue weighted by Crippen LogP contribution is -2.37. The molecule has 1 saturated carbocycles. The number of hydrogen-bond acceptors (Lipinski definition) is 5. The van der Waals surface area contributed by atoms with E-state index in [9.17, 15) is 19.8 Å². The summed E-state index contributed by atoms with van der Waals surface area (Å²) in [6, 6.07) is 1.25. The number of aromatic carboxylic acids is 1. The Morgan fingerprint density at radius 2 is 2.07 bits per heavy atom. The van der Waals surface area contributed by atoms with Crippen LogP contribution in [0.4, 0.5) is 10.1 Å². The first-order chi connectivity index (χ1) is 12.8. The zero-order valence-corrected chi connectivity index (χ0v) is 16.2. The molecule has 0 radical (unpaired) electrons. The molecular weight excluding hydrogens is 389 g/mol. The van der Waals surface area contributed by atoms with Crippen LogP contribution in [0.5, 0.6) is 0 Å². The largest absolute Gasteiger partial charge is 0.477 e. The summed E-state index contributed by atoms with van der Waals surface area (Å²) in [7, 11) is 0. The Hall–Kier alpha value is -2.16. The quantitative estimate of drug-likeness (QED) is 0.705. The molecule has 0 bridgehead atoms. The molecule has 0 aromatic carbocycles. The van der Waals surface area contributed by atoms with E-state index in [0.29, 0.717) is 23.2 Å². The SMILES string of the molecule is Cc1c(N2C[C@H](O)C[C@@H]2CN)c(F)cn2c(=O)c(C(=O)O)cc(C3CC3)c12.Cl. The van der Waals surface area contributed by atoms with E-state index in [1.54, 1.807) is 11.8 Å². The highest BCUT2D eigenvalue weighted by Gasteiger charge is 2.35.